The molecule has 2 atom stereocenters. The minimum absolute atomic E-state index is 0.00862. The molecule has 0 bridgehead atoms. The zero-order valence-corrected chi connectivity index (χ0v) is 23.4. The van der Waals surface area contributed by atoms with E-state index >= 15 is 0 Å². The van der Waals surface area contributed by atoms with Crippen molar-refractivity contribution in [3.63, 3.8) is 0 Å². The maximum Gasteiger partial charge on any atom is 0.130 e. The second kappa shape index (κ2) is 12.0. The summed E-state index contributed by atoms with van der Waals surface area (Å²) in [7, 11) is 0.545. The van der Waals surface area contributed by atoms with E-state index in [2.05, 4.69) is 125 Å². The molecule has 2 unspecified atom stereocenters. The minimum Gasteiger partial charge on any atom is -0.492 e. The van der Waals surface area contributed by atoms with Crippen molar-refractivity contribution in [2.75, 3.05) is 6.61 Å². The molecule has 0 fully saturated rings. The Labute approximate surface area is 219 Å². The zero-order valence-electron chi connectivity index (χ0n) is 22.4. The SMILES string of the molecule is Cc1cc(Pc2c(C)cccc2CNCc2ccccc2)c(OCC2C=CC=CC2)c(C(C)(C)C)c1. The lowest BCUT2D eigenvalue weighted by Crippen LogP contribution is -2.24. The average Bonchev–Trinajstić information content (AvgIpc) is 2.86. The van der Waals surface area contributed by atoms with Gasteiger partial charge in [-0.1, -0.05) is 108 Å². The lowest BCUT2D eigenvalue weighted by atomic mass is 9.85. The third kappa shape index (κ3) is 6.96. The number of hydrogen-bond acceptors (Lipinski definition) is 2. The van der Waals surface area contributed by atoms with Gasteiger partial charge in [0.1, 0.15) is 5.75 Å². The first kappa shape index (κ1) is 26.4. The van der Waals surface area contributed by atoms with Crippen LogP contribution in [-0.4, -0.2) is 6.61 Å². The standard InChI is InChI=1S/C33H40NOP/c1-24-19-29(33(3,4)5)31(35-23-27-16-10-7-11-17-27)30(20-24)36-32-25(2)13-12-18-28(32)22-34-21-26-14-8-6-9-15-26/h6-16,18-20,27,34,36H,17,21-23H2,1-5H3. The summed E-state index contributed by atoms with van der Waals surface area (Å²) < 4.78 is 6.69. The van der Waals surface area contributed by atoms with E-state index in [1.165, 1.54) is 38.4 Å². The lowest BCUT2D eigenvalue weighted by Gasteiger charge is -2.27. The number of benzene rings is 3. The van der Waals surface area contributed by atoms with Crippen molar-refractivity contribution in [1.82, 2.24) is 5.32 Å². The van der Waals surface area contributed by atoms with Crippen LogP contribution >= 0.6 is 8.58 Å². The topological polar surface area (TPSA) is 21.3 Å². The smallest absolute Gasteiger partial charge is 0.130 e. The molecule has 3 aromatic carbocycles. The fraction of sp³-hybridized carbons (Fsp3) is 0.333. The normalized spacial score (nSPS) is 15.6. The number of aryl methyl sites for hydroxylation is 2. The van der Waals surface area contributed by atoms with Crippen LogP contribution < -0.4 is 20.7 Å². The van der Waals surface area contributed by atoms with Crippen LogP contribution in [0.2, 0.25) is 0 Å². The quantitative estimate of drug-likeness (QED) is 0.321. The highest BCUT2D eigenvalue weighted by Gasteiger charge is 2.24. The Kier molecular flexibility index (Phi) is 8.83. The van der Waals surface area contributed by atoms with Crippen LogP contribution in [0.4, 0.5) is 0 Å². The van der Waals surface area contributed by atoms with Gasteiger partial charge in [-0.05, 0) is 59.3 Å². The molecule has 0 aliphatic heterocycles. The third-order valence-corrected chi connectivity index (χ3v) is 8.26. The first-order valence-electron chi connectivity index (χ1n) is 13.0. The maximum atomic E-state index is 6.69. The fourth-order valence-electron chi connectivity index (χ4n) is 4.65. The van der Waals surface area contributed by atoms with Crippen molar-refractivity contribution in [2.45, 2.75) is 59.5 Å². The molecule has 0 aromatic heterocycles. The molecule has 0 heterocycles. The van der Waals surface area contributed by atoms with Gasteiger partial charge in [-0.2, -0.15) is 0 Å². The van der Waals surface area contributed by atoms with E-state index in [1.54, 1.807) is 0 Å². The summed E-state index contributed by atoms with van der Waals surface area (Å²) >= 11 is 0. The first-order valence-corrected chi connectivity index (χ1v) is 14.0. The van der Waals surface area contributed by atoms with E-state index in [0.717, 1.165) is 25.3 Å². The van der Waals surface area contributed by atoms with Gasteiger partial charge in [0.2, 0.25) is 0 Å². The van der Waals surface area contributed by atoms with Gasteiger partial charge in [0.15, 0.2) is 0 Å². The van der Waals surface area contributed by atoms with Gasteiger partial charge in [0.25, 0.3) is 0 Å². The van der Waals surface area contributed by atoms with Crippen LogP contribution in [0.15, 0.2) is 85.0 Å². The molecular formula is C33H40NOP. The molecule has 3 aromatic rings. The molecule has 0 saturated carbocycles. The van der Waals surface area contributed by atoms with Gasteiger partial charge in [-0.3, -0.25) is 0 Å². The van der Waals surface area contributed by atoms with Gasteiger partial charge in [-0.15, -0.1) is 0 Å². The van der Waals surface area contributed by atoms with Gasteiger partial charge in [0, 0.05) is 29.9 Å². The molecule has 0 amide bonds. The molecule has 1 aliphatic carbocycles. The Balaban J connectivity index is 1.62. The molecule has 1 aliphatic rings. The maximum absolute atomic E-state index is 6.69. The van der Waals surface area contributed by atoms with Crippen LogP contribution in [-0.2, 0) is 18.5 Å². The number of hydrogen-bond donors (Lipinski definition) is 1. The largest absolute Gasteiger partial charge is 0.492 e. The van der Waals surface area contributed by atoms with Gasteiger partial charge < -0.3 is 10.1 Å². The number of nitrogens with one attached hydrogen (secondary N) is 1. The van der Waals surface area contributed by atoms with E-state index in [9.17, 15) is 0 Å². The highest BCUT2D eigenvalue weighted by molar-refractivity contribution is 7.56. The Hall–Kier alpha value is -2.67. The van der Waals surface area contributed by atoms with Gasteiger partial charge in [0.05, 0.1) is 6.61 Å². The summed E-state index contributed by atoms with van der Waals surface area (Å²) in [6.07, 6.45) is 9.81. The molecule has 36 heavy (non-hydrogen) atoms. The van der Waals surface area contributed by atoms with Crippen molar-refractivity contribution in [3.05, 3.63) is 113 Å². The summed E-state index contributed by atoms with van der Waals surface area (Å²) in [5.41, 5.74) is 6.64. The van der Waals surface area contributed by atoms with E-state index in [1.807, 2.05) is 0 Å². The zero-order chi connectivity index (χ0) is 25.5. The molecule has 188 valence electrons. The van der Waals surface area contributed by atoms with Crippen LogP contribution in [0, 0.1) is 19.8 Å². The van der Waals surface area contributed by atoms with Crippen LogP contribution in [0.25, 0.3) is 0 Å². The Morgan fingerprint density at radius 3 is 2.47 bits per heavy atom. The Morgan fingerprint density at radius 2 is 1.75 bits per heavy atom. The molecule has 0 radical (unpaired) electrons. The summed E-state index contributed by atoms with van der Waals surface area (Å²) in [4.78, 5) is 0. The van der Waals surface area contributed by atoms with E-state index < -0.39 is 0 Å². The number of ether oxygens (including phenoxy) is 1. The van der Waals surface area contributed by atoms with E-state index in [-0.39, 0.29) is 5.41 Å². The average molecular weight is 498 g/mol. The third-order valence-electron chi connectivity index (χ3n) is 6.66. The van der Waals surface area contributed by atoms with Crippen LogP contribution in [0.3, 0.4) is 0 Å². The van der Waals surface area contributed by atoms with E-state index in [0.29, 0.717) is 21.1 Å². The highest BCUT2D eigenvalue weighted by atomic mass is 31.1. The van der Waals surface area contributed by atoms with Crippen LogP contribution in [0.5, 0.6) is 5.75 Å². The predicted octanol–water partition coefficient (Wildman–Crippen LogP) is 7.03. The Bertz CT molecular complexity index is 1220. The lowest BCUT2D eigenvalue weighted by molar-refractivity contribution is 0.271. The summed E-state index contributed by atoms with van der Waals surface area (Å²) in [6.45, 7) is 13.8. The molecule has 0 saturated heterocycles. The summed E-state index contributed by atoms with van der Waals surface area (Å²) in [6, 6.07) is 22.0. The number of allylic oxidation sites excluding steroid dienone is 3. The van der Waals surface area contributed by atoms with Crippen molar-refractivity contribution in [1.29, 1.82) is 0 Å². The van der Waals surface area contributed by atoms with Crippen LogP contribution in [0.1, 0.15) is 55.0 Å². The number of rotatable bonds is 9. The second-order valence-electron chi connectivity index (χ2n) is 10.9. The molecule has 4 rings (SSSR count). The molecular weight excluding hydrogens is 457 g/mol. The molecule has 3 heteroatoms. The van der Waals surface area contributed by atoms with E-state index in [4.69, 9.17) is 4.74 Å². The predicted molar refractivity (Wildman–Crippen MR) is 158 cm³/mol. The fourth-order valence-corrected chi connectivity index (χ4v) is 6.15. The summed E-state index contributed by atoms with van der Waals surface area (Å²) in [5, 5.41) is 6.40. The molecule has 1 N–H and O–H groups in total. The first-order chi connectivity index (χ1) is 17.3. The van der Waals surface area contributed by atoms with Gasteiger partial charge in [-0.25, -0.2) is 0 Å². The highest BCUT2D eigenvalue weighted by Crippen LogP contribution is 2.35. The summed E-state index contributed by atoms with van der Waals surface area (Å²) in [5.74, 6) is 1.51. The Morgan fingerprint density at radius 1 is 0.944 bits per heavy atom. The molecule has 0 spiro atoms. The van der Waals surface area contributed by atoms with Crippen molar-refractivity contribution in [2.24, 2.45) is 5.92 Å². The molecule has 2 nitrogen and oxygen atoms in total. The minimum atomic E-state index is 0.00862. The monoisotopic (exact) mass is 497 g/mol. The van der Waals surface area contributed by atoms with Crippen molar-refractivity contribution in [3.8, 4) is 5.75 Å². The van der Waals surface area contributed by atoms with Crippen molar-refractivity contribution >= 4 is 19.2 Å². The second-order valence-corrected chi connectivity index (χ2v) is 12.2. The van der Waals surface area contributed by atoms with Gasteiger partial charge >= 0.3 is 0 Å². The van der Waals surface area contributed by atoms with Crippen molar-refractivity contribution < 1.29 is 4.74 Å².